The quantitative estimate of drug-likeness (QED) is 0.193. The number of nitrogens with zero attached hydrogens (tertiary/aromatic N) is 4. The maximum absolute atomic E-state index is 6.87. The molecule has 224 valence electrons. The highest BCUT2D eigenvalue weighted by Crippen LogP contribution is 2.45. The zero-order valence-electron chi connectivity index (χ0n) is 25.5. The predicted molar refractivity (Wildman–Crippen MR) is 197 cm³/mol. The first-order valence-corrected chi connectivity index (χ1v) is 16.6. The van der Waals surface area contributed by atoms with Gasteiger partial charge in [0, 0.05) is 48.4 Å². The Hall–Kier alpha value is -6.24. The first kappa shape index (κ1) is 26.9. The summed E-state index contributed by atoms with van der Waals surface area (Å²) < 4.78 is 9.35. The van der Waals surface area contributed by atoms with E-state index >= 15 is 0 Å². The molecule has 0 aliphatic rings. The highest BCUT2D eigenvalue weighted by atomic mass is 32.1. The summed E-state index contributed by atoms with van der Waals surface area (Å²) in [5.74, 6) is 1.67. The van der Waals surface area contributed by atoms with Crippen molar-refractivity contribution in [2.24, 2.45) is 0 Å². The predicted octanol–water partition coefficient (Wildman–Crippen LogP) is 11.4. The van der Waals surface area contributed by atoms with Crippen molar-refractivity contribution in [3.63, 3.8) is 0 Å². The van der Waals surface area contributed by atoms with Crippen LogP contribution in [0.25, 0.3) is 98.3 Å². The van der Waals surface area contributed by atoms with E-state index in [0.29, 0.717) is 23.2 Å². The molecule has 0 fully saturated rings. The van der Waals surface area contributed by atoms with Crippen LogP contribution in [-0.4, -0.2) is 19.9 Å². The van der Waals surface area contributed by atoms with Gasteiger partial charge in [-0.1, -0.05) is 115 Å². The highest BCUT2D eigenvalue weighted by molar-refractivity contribution is 7.25. The lowest BCUT2D eigenvalue weighted by Gasteiger charge is -2.11. The van der Waals surface area contributed by atoms with Crippen LogP contribution in [0.15, 0.2) is 150 Å². The average Bonchev–Trinajstić information content (AvgIpc) is 3.72. The minimum Gasteiger partial charge on any atom is -0.455 e. The average molecular weight is 633 g/mol. The van der Waals surface area contributed by atoms with Gasteiger partial charge in [-0.05, 0) is 40.6 Å². The Balaban J connectivity index is 1.31. The third-order valence-corrected chi connectivity index (χ3v) is 10.1. The minimum atomic E-state index is 0.495. The Bertz CT molecular complexity index is 2780. The molecule has 10 aromatic rings. The largest absolute Gasteiger partial charge is 0.455 e. The van der Waals surface area contributed by atoms with Crippen molar-refractivity contribution in [3.05, 3.63) is 146 Å². The van der Waals surface area contributed by atoms with Crippen LogP contribution in [0.2, 0.25) is 0 Å². The second-order valence-electron chi connectivity index (χ2n) is 11.8. The number of thiophene rings is 1. The molecule has 0 amide bonds. The number of aromatic nitrogens is 4. The lowest BCUT2D eigenvalue weighted by atomic mass is 9.98. The molecular weight excluding hydrogens is 609 g/mol. The van der Waals surface area contributed by atoms with Crippen LogP contribution in [0.1, 0.15) is 0 Å². The maximum Gasteiger partial charge on any atom is 0.183 e. The van der Waals surface area contributed by atoms with Crippen LogP contribution in [-0.2, 0) is 0 Å². The first-order valence-electron chi connectivity index (χ1n) is 15.8. The van der Waals surface area contributed by atoms with Gasteiger partial charge < -0.3 is 4.42 Å². The Kier molecular flexibility index (Phi) is 5.98. The van der Waals surface area contributed by atoms with Crippen LogP contribution < -0.4 is 0 Å². The van der Waals surface area contributed by atoms with E-state index < -0.39 is 0 Å². The second-order valence-corrected chi connectivity index (χ2v) is 12.9. The SMILES string of the molecule is c1ccc(-c2nc(-c3ccccc3)nc(-c3ncc(-c4cccc5sc6ccccc6c45)c4oc5cc6ccccc6cc5c34)n2)cc1. The number of rotatable bonds is 4. The number of furan rings is 1. The summed E-state index contributed by atoms with van der Waals surface area (Å²) in [5, 5.41) is 6.53. The van der Waals surface area contributed by atoms with Crippen molar-refractivity contribution in [2.45, 2.75) is 0 Å². The van der Waals surface area contributed by atoms with Crippen molar-refractivity contribution >= 4 is 64.2 Å². The molecular formula is C42H24N4OS. The van der Waals surface area contributed by atoms with E-state index in [2.05, 4.69) is 78.9 Å². The van der Waals surface area contributed by atoms with Gasteiger partial charge in [-0.3, -0.25) is 4.98 Å². The van der Waals surface area contributed by atoms with E-state index in [-0.39, 0.29) is 0 Å². The summed E-state index contributed by atoms with van der Waals surface area (Å²) in [6, 6.07) is 47.8. The van der Waals surface area contributed by atoms with Crippen molar-refractivity contribution in [2.75, 3.05) is 0 Å². The van der Waals surface area contributed by atoms with E-state index in [1.165, 1.54) is 20.2 Å². The van der Waals surface area contributed by atoms with Crippen LogP contribution in [0.3, 0.4) is 0 Å². The standard InChI is InChI=1S/C42H24N4OS/c1-3-12-25(13-4-1)40-44-41(26-14-5-2-6-15-26)46-42(45-40)38-37-31-22-27-16-7-8-17-28(27)23-33(31)47-39(37)32(24-43-38)29-19-11-21-35-36(29)30-18-9-10-20-34(30)48-35/h1-24H. The molecule has 48 heavy (non-hydrogen) atoms. The normalized spacial score (nSPS) is 11.8. The van der Waals surface area contributed by atoms with Crippen LogP contribution in [0.5, 0.6) is 0 Å². The lowest BCUT2D eigenvalue weighted by Crippen LogP contribution is -2.01. The molecule has 0 atom stereocenters. The van der Waals surface area contributed by atoms with E-state index in [0.717, 1.165) is 55.0 Å². The molecule has 6 heteroatoms. The van der Waals surface area contributed by atoms with E-state index in [4.69, 9.17) is 24.4 Å². The number of hydrogen-bond donors (Lipinski definition) is 0. The molecule has 6 aromatic carbocycles. The Morgan fingerprint density at radius 2 is 1.10 bits per heavy atom. The fourth-order valence-corrected chi connectivity index (χ4v) is 7.87. The highest BCUT2D eigenvalue weighted by Gasteiger charge is 2.23. The fraction of sp³-hybridized carbons (Fsp3) is 0. The molecule has 0 N–H and O–H groups in total. The summed E-state index contributed by atoms with van der Waals surface area (Å²) in [7, 11) is 0. The van der Waals surface area contributed by atoms with E-state index in [1.54, 1.807) is 11.3 Å². The van der Waals surface area contributed by atoms with Crippen molar-refractivity contribution in [3.8, 4) is 45.4 Å². The van der Waals surface area contributed by atoms with E-state index in [9.17, 15) is 0 Å². The summed E-state index contributed by atoms with van der Waals surface area (Å²) in [5.41, 5.74) is 6.04. The third kappa shape index (κ3) is 4.24. The Morgan fingerprint density at radius 3 is 1.85 bits per heavy atom. The number of benzene rings is 6. The zero-order valence-corrected chi connectivity index (χ0v) is 26.3. The summed E-state index contributed by atoms with van der Waals surface area (Å²) in [6.07, 6.45) is 1.93. The van der Waals surface area contributed by atoms with Crippen molar-refractivity contribution < 1.29 is 4.42 Å². The molecule has 4 aromatic heterocycles. The van der Waals surface area contributed by atoms with Gasteiger partial charge in [0.2, 0.25) is 0 Å². The summed E-state index contributed by atoms with van der Waals surface area (Å²) in [6.45, 7) is 0. The molecule has 0 aliphatic carbocycles. The molecule has 10 rings (SSSR count). The molecule has 0 saturated heterocycles. The fourth-order valence-electron chi connectivity index (χ4n) is 6.73. The topological polar surface area (TPSA) is 64.7 Å². The van der Waals surface area contributed by atoms with Crippen molar-refractivity contribution in [1.29, 1.82) is 0 Å². The molecule has 0 radical (unpaired) electrons. The van der Waals surface area contributed by atoms with Gasteiger partial charge in [-0.2, -0.15) is 0 Å². The zero-order chi connectivity index (χ0) is 31.6. The molecule has 0 bridgehead atoms. The lowest BCUT2D eigenvalue weighted by molar-refractivity contribution is 0.670. The van der Waals surface area contributed by atoms with Gasteiger partial charge in [0.25, 0.3) is 0 Å². The first-order chi connectivity index (χ1) is 23.8. The molecule has 0 saturated carbocycles. The van der Waals surface area contributed by atoms with Gasteiger partial charge in [-0.25, -0.2) is 15.0 Å². The number of hydrogen-bond acceptors (Lipinski definition) is 6. The van der Waals surface area contributed by atoms with Gasteiger partial charge in [0.05, 0.1) is 5.39 Å². The second kappa shape index (κ2) is 10.7. The van der Waals surface area contributed by atoms with Gasteiger partial charge in [0.1, 0.15) is 16.9 Å². The molecule has 0 unspecified atom stereocenters. The van der Waals surface area contributed by atoms with Gasteiger partial charge in [-0.15, -0.1) is 11.3 Å². The molecule has 0 aliphatic heterocycles. The van der Waals surface area contributed by atoms with Crippen LogP contribution in [0, 0.1) is 0 Å². The monoisotopic (exact) mass is 632 g/mol. The smallest absolute Gasteiger partial charge is 0.183 e. The molecule has 0 spiro atoms. The van der Waals surface area contributed by atoms with Crippen LogP contribution >= 0.6 is 11.3 Å². The Morgan fingerprint density at radius 1 is 0.479 bits per heavy atom. The number of fused-ring (bicyclic) bond motifs is 7. The van der Waals surface area contributed by atoms with Gasteiger partial charge in [0.15, 0.2) is 17.5 Å². The third-order valence-electron chi connectivity index (χ3n) is 8.96. The maximum atomic E-state index is 6.87. The molecule has 4 heterocycles. The van der Waals surface area contributed by atoms with Gasteiger partial charge >= 0.3 is 0 Å². The molecule has 5 nitrogen and oxygen atoms in total. The minimum absolute atomic E-state index is 0.495. The van der Waals surface area contributed by atoms with E-state index in [1.807, 2.05) is 66.9 Å². The number of pyridine rings is 1. The summed E-state index contributed by atoms with van der Waals surface area (Å²) >= 11 is 1.80. The Labute approximate surface area is 278 Å². The van der Waals surface area contributed by atoms with Crippen LogP contribution in [0.4, 0.5) is 0 Å². The summed E-state index contributed by atoms with van der Waals surface area (Å²) in [4.78, 5) is 20.2. The van der Waals surface area contributed by atoms with Crippen molar-refractivity contribution in [1.82, 2.24) is 19.9 Å².